The Bertz CT molecular complexity index is 712. The van der Waals surface area contributed by atoms with Gasteiger partial charge in [-0.05, 0) is 36.4 Å². The van der Waals surface area contributed by atoms with Gasteiger partial charge in [0.1, 0.15) is 0 Å². The molecule has 0 unspecified atom stereocenters. The molecule has 0 bridgehead atoms. The Hall–Kier alpha value is -2.24. The van der Waals surface area contributed by atoms with Gasteiger partial charge in [0.05, 0.1) is 10.6 Å². The van der Waals surface area contributed by atoms with Gasteiger partial charge in [-0.2, -0.15) is 0 Å². The summed E-state index contributed by atoms with van der Waals surface area (Å²) in [4.78, 5) is 22.9. The van der Waals surface area contributed by atoms with Crippen LogP contribution in [-0.4, -0.2) is 17.0 Å². The Morgan fingerprint density at radius 3 is 2.38 bits per heavy atom. The molecule has 7 heteroatoms. The number of aromatic carboxylic acids is 1. The highest BCUT2D eigenvalue weighted by molar-refractivity contribution is 6.34. The van der Waals surface area contributed by atoms with Crippen molar-refractivity contribution < 1.29 is 14.7 Å². The molecule has 2 rings (SSSR count). The lowest BCUT2D eigenvalue weighted by atomic mass is 10.1. The number of nitrogens with two attached hydrogens (primary N) is 1. The molecule has 0 saturated carbocycles. The van der Waals surface area contributed by atoms with Gasteiger partial charge in [0, 0.05) is 22.0 Å². The minimum Gasteiger partial charge on any atom is -0.478 e. The molecular weight excluding hydrogens is 315 g/mol. The zero-order valence-corrected chi connectivity index (χ0v) is 12.1. The van der Waals surface area contributed by atoms with Crippen molar-refractivity contribution in [2.45, 2.75) is 0 Å². The summed E-state index contributed by atoms with van der Waals surface area (Å²) in [6, 6.07) is 8.59. The molecule has 1 amide bonds. The lowest BCUT2D eigenvalue weighted by Crippen LogP contribution is -2.12. The summed E-state index contributed by atoms with van der Waals surface area (Å²) in [6.45, 7) is 0. The molecule has 0 heterocycles. The number of nitrogens with one attached hydrogen (secondary N) is 1. The molecule has 21 heavy (non-hydrogen) atoms. The van der Waals surface area contributed by atoms with E-state index in [2.05, 4.69) is 5.32 Å². The standard InChI is InChI=1S/C14H10Cl2N2O3/c15-8-3-7(4-9(17)5-8)13(19)18-10-1-2-11(14(20)21)12(16)6-10/h1-6H,17H2,(H,18,19)(H,20,21). The molecule has 4 N–H and O–H groups in total. The van der Waals surface area contributed by atoms with Gasteiger partial charge < -0.3 is 16.2 Å². The predicted octanol–water partition coefficient (Wildman–Crippen LogP) is 3.53. The zero-order valence-electron chi connectivity index (χ0n) is 10.6. The maximum Gasteiger partial charge on any atom is 0.337 e. The van der Waals surface area contributed by atoms with E-state index in [0.717, 1.165) is 0 Å². The van der Waals surface area contributed by atoms with Crippen molar-refractivity contribution in [3.05, 3.63) is 57.6 Å². The summed E-state index contributed by atoms with van der Waals surface area (Å²) in [5.41, 5.74) is 6.60. The molecule has 0 radical (unpaired) electrons. The van der Waals surface area contributed by atoms with Crippen LogP contribution in [0.3, 0.4) is 0 Å². The van der Waals surface area contributed by atoms with E-state index in [1.165, 1.54) is 36.4 Å². The Morgan fingerprint density at radius 2 is 1.81 bits per heavy atom. The van der Waals surface area contributed by atoms with Gasteiger partial charge in [0.2, 0.25) is 0 Å². The van der Waals surface area contributed by atoms with Gasteiger partial charge in [-0.3, -0.25) is 4.79 Å². The molecule has 2 aromatic rings. The van der Waals surface area contributed by atoms with Crippen molar-refractivity contribution in [2.75, 3.05) is 11.1 Å². The van der Waals surface area contributed by atoms with E-state index in [0.29, 0.717) is 22.0 Å². The van der Waals surface area contributed by atoms with Crippen LogP contribution >= 0.6 is 23.2 Å². The van der Waals surface area contributed by atoms with Gasteiger partial charge in [-0.1, -0.05) is 23.2 Å². The molecule has 2 aromatic carbocycles. The number of carboxylic acid groups (broad SMARTS) is 1. The largest absolute Gasteiger partial charge is 0.478 e. The number of hydrogen-bond donors (Lipinski definition) is 3. The molecule has 5 nitrogen and oxygen atoms in total. The number of benzene rings is 2. The summed E-state index contributed by atoms with van der Waals surface area (Å²) in [5.74, 6) is -1.57. The Morgan fingerprint density at radius 1 is 1.10 bits per heavy atom. The zero-order chi connectivity index (χ0) is 15.6. The first kappa shape index (κ1) is 15.2. The van der Waals surface area contributed by atoms with Crippen LogP contribution in [0.4, 0.5) is 11.4 Å². The highest BCUT2D eigenvalue weighted by Crippen LogP contribution is 2.22. The van der Waals surface area contributed by atoms with E-state index < -0.39 is 11.9 Å². The number of anilines is 2. The second-order valence-electron chi connectivity index (χ2n) is 4.23. The Labute approximate surface area is 130 Å². The number of amides is 1. The van der Waals surface area contributed by atoms with Crippen molar-refractivity contribution >= 4 is 46.5 Å². The van der Waals surface area contributed by atoms with E-state index in [4.69, 9.17) is 34.0 Å². The first-order valence-electron chi connectivity index (χ1n) is 5.77. The first-order chi connectivity index (χ1) is 9.86. The summed E-state index contributed by atoms with van der Waals surface area (Å²) < 4.78 is 0. The van der Waals surface area contributed by atoms with Crippen molar-refractivity contribution in [1.82, 2.24) is 0 Å². The number of carboxylic acids is 1. The van der Waals surface area contributed by atoms with Crippen LogP contribution in [0.5, 0.6) is 0 Å². The van der Waals surface area contributed by atoms with Gasteiger partial charge in [-0.15, -0.1) is 0 Å². The first-order valence-corrected chi connectivity index (χ1v) is 6.52. The molecule has 0 aromatic heterocycles. The van der Waals surface area contributed by atoms with Crippen molar-refractivity contribution in [3.63, 3.8) is 0 Å². The molecule has 0 atom stereocenters. The minimum absolute atomic E-state index is 0.0332. The number of nitrogen functional groups attached to an aromatic ring is 1. The second kappa shape index (κ2) is 6.03. The normalized spacial score (nSPS) is 10.2. The molecular formula is C14H10Cl2N2O3. The number of carbonyl (C=O) groups excluding carboxylic acids is 1. The SMILES string of the molecule is Nc1cc(Cl)cc(C(=O)Nc2ccc(C(=O)O)c(Cl)c2)c1. The van der Waals surface area contributed by atoms with Crippen LogP contribution in [0.2, 0.25) is 10.0 Å². The minimum atomic E-state index is -1.14. The van der Waals surface area contributed by atoms with Crippen molar-refractivity contribution in [1.29, 1.82) is 0 Å². The third-order valence-electron chi connectivity index (χ3n) is 2.64. The van der Waals surface area contributed by atoms with Crippen LogP contribution in [0.25, 0.3) is 0 Å². The Balaban J connectivity index is 2.23. The fraction of sp³-hybridized carbons (Fsp3) is 0. The molecule has 0 fully saturated rings. The van der Waals surface area contributed by atoms with Crippen molar-refractivity contribution in [3.8, 4) is 0 Å². The second-order valence-corrected chi connectivity index (χ2v) is 5.07. The molecule has 0 aliphatic heterocycles. The lowest BCUT2D eigenvalue weighted by Gasteiger charge is -2.08. The average molecular weight is 325 g/mol. The third kappa shape index (κ3) is 3.65. The van der Waals surface area contributed by atoms with E-state index in [1.54, 1.807) is 0 Å². The van der Waals surface area contributed by atoms with Gasteiger partial charge in [0.15, 0.2) is 0 Å². The van der Waals surface area contributed by atoms with Crippen LogP contribution in [0, 0.1) is 0 Å². The van der Waals surface area contributed by atoms with Gasteiger partial charge in [-0.25, -0.2) is 4.79 Å². The highest BCUT2D eigenvalue weighted by Gasteiger charge is 2.12. The number of carbonyl (C=O) groups is 2. The maximum atomic E-state index is 12.1. The van der Waals surface area contributed by atoms with E-state index in [-0.39, 0.29) is 10.6 Å². The fourth-order valence-electron chi connectivity index (χ4n) is 1.71. The van der Waals surface area contributed by atoms with Gasteiger partial charge >= 0.3 is 5.97 Å². The van der Waals surface area contributed by atoms with Crippen LogP contribution in [-0.2, 0) is 0 Å². The monoisotopic (exact) mass is 324 g/mol. The predicted molar refractivity (Wildman–Crippen MR) is 82.2 cm³/mol. The van der Waals surface area contributed by atoms with Crippen LogP contribution < -0.4 is 11.1 Å². The average Bonchev–Trinajstić information content (AvgIpc) is 2.37. The molecule has 0 aliphatic rings. The highest BCUT2D eigenvalue weighted by atomic mass is 35.5. The van der Waals surface area contributed by atoms with Gasteiger partial charge in [0.25, 0.3) is 5.91 Å². The summed E-state index contributed by atoms with van der Waals surface area (Å²) >= 11 is 11.7. The fourth-order valence-corrected chi connectivity index (χ4v) is 2.22. The smallest absolute Gasteiger partial charge is 0.337 e. The molecule has 0 spiro atoms. The molecule has 0 aliphatic carbocycles. The number of hydrogen-bond acceptors (Lipinski definition) is 3. The molecule has 108 valence electrons. The van der Waals surface area contributed by atoms with E-state index in [9.17, 15) is 9.59 Å². The van der Waals surface area contributed by atoms with Crippen LogP contribution in [0.15, 0.2) is 36.4 Å². The van der Waals surface area contributed by atoms with Crippen molar-refractivity contribution in [2.24, 2.45) is 0 Å². The van der Waals surface area contributed by atoms with Crippen LogP contribution in [0.1, 0.15) is 20.7 Å². The lowest BCUT2D eigenvalue weighted by molar-refractivity contribution is 0.0697. The maximum absolute atomic E-state index is 12.1. The Kier molecular flexibility index (Phi) is 4.35. The van der Waals surface area contributed by atoms with E-state index >= 15 is 0 Å². The summed E-state index contributed by atoms with van der Waals surface area (Å²) in [5, 5.41) is 11.8. The summed E-state index contributed by atoms with van der Waals surface area (Å²) in [7, 11) is 0. The topological polar surface area (TPSA) is 92.4 Å². The third-order valence-corrected chi connectivity index (χ3v) is 3.17. The van der Waals surface area contributed by atoms with E-state index in [1.807, 2.05) is 0 Å². The quantitative estimate of drug-likeness (QED) is 0.753. The number of rotatable bonds is 3. The summed E-state index contributed by atoms with van der Waals surface area (Å²) in [6.07, 6.45) is 0. The number of halogens is 2. The molecule has 0 saturated heterocycles.